The molecule has 5 nitrogen and oxygen atoms in total. The molecule has 1 aromatic carbocycles. The van der Waals surface area contributed by atoms with Gasteiger partial charge in [-0.05, 0) is 36.6 Å². The molecule has 1 aromatic heterocycles. The predicted molar refractivity (Wildman–Crippen MR) is 96.3 cm³/mol. The van der Waals surface area contributed by atoms with Gasteiger partial charge in [-0.1, -0.05) is 34.9 Å². The Labute approximate surface area is 149 Å². The molecule has 7 heteroatoms. The molecule has 0 fully saturated rings. The van der Waals surface area contributed by atoms with Crippen LogP contribution in [0.1, 0.15) is 43.7 Å². The Kier molecular flexibility index (Phi) is 6.78. The van der Waals surface area contributed by atoms with Crippen molar-refractivity contribution >= 4 is 21.9 Å². The fraction of sp³-hybridized carbons (Fsp3) is 0.412. The number of nitrogens with one attached hydrogen (secondary N) is 2. The molecule has 0 saturated heterocycles. The summed E-state index contributed by atoms with van der Waals surface area (Å²) in [7, 11) is 0. The Morgan fingerprint density at radius 1 is 1.33 bits per heavy atom. The number of guanidine groups is 1. The van der Waals surface area contributed by atoms with Crippen molar-refractivity contribution in [1.29, 1.82) is 0 Å². The van der Waals surface area contributed by atoms with Crippen LogP contribution >= 0.6 is 15.9 Å². The zero-order chi connectivity index (χ0) is 17.5. The quantitative estimate of drug-likeness (QED) is 0.572. The van der Waals surface area contributed by atoms with Gasteiger partial charge in [0.25, 0.3) is 0 Å². The Morgan fingerprint density at radius 2 is 2.12 bits per heavy atom. The molecule has 1 heterocycles. The fourth-order valence-corrected chi connectivity index (χ4v) is 2.40. The summed E-state index contributed by atoms with van der Waals surface area (Å²) >= 11 is 3.41. The maximum Gasteiger partial charge on any atom is 0.191 e. The summed E-state index contributed by atoms with van der Waals surface area (Å²) in [5.74, 6) is 1.44. The van der Waals surface area contributed by atoms with Crippen LogP contribution in [-0.4, -0.2) is 17.7 Å². The first kappa shape index (κ1) is 18.4. The summed E-state index contributed by atoms with van der Waals surface area (Å²) < 4.78 is 19.5. The van der Waals surface area contributed by atoms with E-state index in [4.69, 9.17) is 4.52 Å². The Hall–Kier alpha value is -1.89. The number of benzene rings is 1. The summed E-state index contributed by atoms with van der Waals surface area (Å²) in [4.78, 5) is 4.48. The molecule has 0 radical (unpaired) electrons. The van der Waals surface area contributed by atoms with Gasteiger partial charge in [-0.25, -0.2) is 9.38 Å². The predicted octanol–water partition coefficient (Wildman–Crippen LogP) is 3.95. The van der Waals surface area contributed by atoms with Gasteiger partial charge < -0.3 is 15.2 Å². The lowest BCUT2D eigenvalue weighted by molar-refractivity contribution is 0.372. The first-order valence-electron chi connectivity index (χ1n) is 7.91. The summed E-state index contributed by atoms with van der Waals surface area (Å²) in [6.45, 7) is 7.69. The highest BCUT2D eigenvalue weighted by Crippen LogP contribution is 2.18. The molecule has 0 aliphatic rings. The van der Waals surface area contributed by atoms with Crippen LogP contribution in [0.3, 0.4) is 0 Å². The number of nitrogens with zero attached hydrogens (tertiary/aromatic N) is 2. The molecule has 0 aliphatic carbocycles. The third-order valence-electron chi connectivity index (χ3n) is 3.36. The average Bonchev–Trinajstić information content (AvgIpc) is 3.02. The van der Waals surface area contributed by atoms with Crippen LogP contribution in [0.25, 0.3) is 0 Å². The van der Waals surface area contributed by atoms with Crippen molar-refractivity contribution in [1.82, 2.24) is 15.8 Å². The van der Waals surface area contributed by atoms with Gasteiger partial charge in [0, 0.05) is 17.1 Å². The minimum Gasteiger partial charge on any atom is -0.359 e. The average molecular weight is 397 g/mol. The van der Waals surface area contributed by atoms with E-state index in [1.807, 2.05) is 13.0 Å². The van der Waals surface area contributed by atoms with Crippen molar-refractivity contribution < 1.29 is 8.91 Å². The van der Waals surface area contributed by atoms with E-state index in [-0.39, 0.29) is 5.82 Å². The highest BCUT2D eigenvalue weighted by atomic mass is 79.9. The normalized spacial score (nSPS) is 11.8. The number of rotatable bonds is 6. The van der Waals surface area contributed by atoms with E-state index in [0.29, 0.717) is 25.0 Å². The fourth-order valence-electron chi connectivity index (χ4n) is 2.03. The molecule has 0 unspecified atom stereocenters. The van der Waals surface area contributed by atoms with Crippen LogP contribution in [0.4, 0.5) is 4.39 Å². The monoisotopic (exact) mass is 396 g/mol. The third-order valence-corrected chi connectivity index (χ3v) is 4.13. The van der Waals surface area contributed by atoms with Gasteiger partial charge in [0.2, 0.25) is 0 Å². The molecule has 0 atom stereocenters. The number of aliphatic imine (C=N–C) groups is 1. The van der Waals surface area contributed by atoms with Gasteiger partial charge >= 0.3 is 0 Å². The van der Waals surface area contributed by atoms with Crippen molar-refractivity contribution in [3.8, 4) is 0 Å². The van der Waals surface area contributed by atoms with Crippen LogP contribution < -0.4 is 10.6 Å². The molecule has 2 N–H and O–H groups in total. The van der Waals surface area contributed by atoms with Gasteiger partial charge in [0.1, 0.15) is 5.82 Å². The van der Waals surface area contributed by atoms with E-state index in [9.17, 15) is 4.39 Å². The molecular formula is C17H22BrFN4O. The van der Waals surface area contributed by atoms with Crippen molar-refractivity contribution in [2.45, 2.75) is 39.8 Å². The van der Waals surface area contributed by atoms with Gasteiger partial charge in [0.15, 0.2) is 11.7 Å². The topological polar surface area (TPSA) is 62.5 Å². The molecule has 2 aromatic rings. The van der Waals surface area contributed by atoms with Crippen molar-refractivity contribution in [3.63, 3.8) is 0 Å². The first-order valence-corrected chi connectivity index (χ1v) is 8.70. The van der Waals surface area contributed by atoms with Crippen molar-refractivity contribution in [3.05, 3.63) is 51.6 Å². The Balaban J connectivity index is 2.01. The van der Waals surface area contributed by atoms with Crippen LogP contribution in [0.5, 0.6) is 0 Å². The largest absolute Gasteiger partial charge is 0.359 e. The standard InChI is InChI=1S/C17H22BrFN4O/c1-4-20-17(21-9-12-7-13(19)5-6-15(12)18)22-10-14-8-16(11(2)3)23-24-14/h5-8,11H,4,9-10H2,1-3H3,(H2,20,21,22). The summed E-state index contributed by atoms with van der Waals surface area (Å²) in [6.07, 6.45) is 0. The number of hydrogen-bond donors (Lipinski definition) is 2. The van der Waals surface area contributed by atoms with Gasteiger partial charge in [-0.15, -0.1) is 0 Å². The van der Waals surface area contributed by atoms with E-state index < -0.39 is 0 Å². The third kappa shape index (κ3) is 5.33. The summed E-state index contributed by atoms with van der Waals surface area (Å²) in [5.41, 5.74) is 1.71. The second kappa shape index (κ2) is 8.82. The second-order valence-corrected chi connectivity index (χ2v) is 6.51. The van der Waals surface area contributed by atoms with Gasteiger partial charge in [0.05, 0.1) is 18.8 Å². The lowest BCUT2D eigenvalue weighted by Gasteiger charge is -2.10. The van der Waals surface area contributed by atoms with Crippen molar-refractivity contribution in [2.75, 3.05) is 6.54 Å². The lowest BCUT2D eigenvalue weighted by atomic mass is 10.1. The summed E-state index contributed by atoms with van der Waals surface area (Å²) in [5, 5.41) is 10.4. The Bertz CT molecular complexity index is 700. The highest BCUT2D eigenvalue weighted by Gasteiger charge is 2.08. The minimum atomic E-state index is -0.274. The highest BCUT2D eigenvalue weighted by molar-refractivity contribution is 9.10. The van der Waals surface area contributed by atoms with Crippen LogP contribution in [-0.2, 0) is 13.1 Å². The molecule has 24 heavy (non-hydrogen) atoms. The molecule has 130 valence electrons. The smallest absolute Gasteiger partial charge is 0.191 e. The molecule has 0 saturated carbocycles. The van der Waals surface area contributed by atoms with E-state index in [1.54, 1.807) is 6.07 Å². The van der Waals surface area contributed by atoms with Crippen LogP contribution in [0, 0.1) is 5.82 Å². The van der Waals surface area contributed by atoms with Crippen LogP contribution in [0.2, 0.25) is 0 Å². The second-order valence-electron chi connectivity index (χ2n) is 5.66. The van der Waals surface area contributed by atoms with E-state index in [2.05, 4.69) is 50.6 Å². The lowest BCUT2D eigenvalue weighted by Crippen LogP contribution is -2.36. The van der Waals surface area contributed by atoms with Crippen molar-refractivity contribution in [2.24, 2.45) is 4.99 Å². The SMILES string of the molecule is CCNC(=NCc1cc(F)ccc1Br)NCc1cc(C(C)C)no1. The molecular weight excluding hydrogens is 375 g/mol. The first-order chi connectivity index (χ1) is 11.5. The van der Waals surface area contributed by atoms with E-state index >= 15 is 0 Å². The maximum atomic E-state index is 13.3. The maximum absolute atomic E-state index is 13.3. The molecule has 0 bridgehead atoms. The van der Waals surface area contributed by atoms with E-state index in [0.717, 1.165) is 28.0 Å². The number of aromatic nitrogens is 1. The van der Waals surface area contributed by atoms with E-state index in [1.165, 1.54) is 12.1 Å². The number of hydrogen-bond acceptors (Lipinski definition) is 3. The minimum absolute atomic E-state index is 0.274. The Morgan fingerprint density at radius 3 is 2.79 bits per heavy atom. The van der Waals surface area contributed by atoms with Gasteiger partial charge in [-0.3, -0.25) is 0 Å². The molecule has 0 spiro atoms. The zero-order valence-electron chi connectivity index (χ0n) is 14.1. The van der Waals surface area contributed by atoms with Crippen LogP contribution in [0.15, 0.2) is 38.3 Å². The number of halogens is 2. The van der Waals surface area contributed by atoms with Gasteiger partial charge in [-0.2, -0.15) is 0 Å². The molecule has 0 amide bonds. The zero-order valence-corrected chi connectivity index (χ0v) is 15.7. The molecule has 0 aliphatic heterocycles. The molecule has 2 rings (SSSR count). The summed E-state index contributed by atoms with van der Waals surface area (Å²) in [6, 6.07) is 6.51.